The first kappa shape index (κ1) is 20.4. The van der Waals surface area contributed by atoms with E-state index in [-0.39, 0.29) is 11.5 Å². The second-order valence-electron chi connectivity index (χ2n) is 7.73. The number of nitrogens with zero attached hydrogens (tertiary/aromatic N) is 1. The Labute approximate surface area is 182 Å². The van der Waals surface area contributed by atoms with Crippen molar-refractivity contribution in [1.82, 2.24) is 4.57 Å². The van der Waals surface area contributed by atoms with Crippen LogP contribution >= 0.6 is 0 Å². The molecule has 0 fully saturated rings. The average molecular weight is 408 g/mol. The highest BCUT2D eigenvalue weighted by atomic mass is 16.4. The lowest BCUT2D eigenvalue weighted by atomic mass is 9.98. The summed E-state index contributed by atoms with van der Waals surface area (Å²) in [5, 5.41) is 9.56. The smallest absolute Gasteiger partial charge is 0.335 e. The molecule has 0 aliphatic heterocycles. The lowest BCUT2D eigenvalue weighted by Crippen LogP contribution is -2.08. The monoisotopic (exact) mass is 407 g/mol. The van der Waals surface area contributed by atoms with Gasteiger partial charge >= 0.3 is 5.97 Å². The van der Waals surface area contributed by atoms with Crippen LogP contribution in [0.1, 0.15) is 23.0 Å². The predicted octanol–water partition coefficient (Wildman–Crippen LogP) is 6.87. The zero-order valence-corrected chi connectivity index (χ0v) is 17.5. The average Bonchev–Trinajstić information content (AvgIpc) is 3.19. The van der Waals surface area contributed by atoms with Crippen LogP contribution in [0.4, 0.5) is 0 Å². The van der Waals surface area contributed by atoms with Crippen molar-refractivity contribution in [2.24, 2.45) is 5.92 Å². The van der Waals surface area contributed by atoms with Gasteiger partial charge in [-0.3, -0.25) is 0 Å². The van der Waals surface area contributed by atoms with Crippen LogP contribution in [0.15, 0.2) is 104 Å². The van der Waals surface area contributed by atoms with E-state index in [2.05, 4.69) is 48.4 Å². The summed E-state index contributed by atoms with van der Waals surface area (Å²) >= 11 is 0. The fourth-order valence-electron chi connectivity index (χ4n) is 3.90. The van der Waals surface area contributed by atoms with Gasteiger partial charge in [-0.25, -0.2) is 4.79 Å². The first-order valence-corrected chi connectivity index (χ1v) is 10.4. The highest BCUT2D eigenvalue weighted by molar-refractivity contribution is 5.88. The Morgan fingerprint density at radius 2 is 1.58 bits per heavy atom. The number of hydrogen-bond donors (Lipinski definition) is 1. The second kappa shape index (κ2) is 8.88. The third kappa shape index (κ3) is 4.22. The van der Waals surface area contributed by atoms with E-state index in [4.69, 9.17) is 0 Å². The summed E-state index contributed by atoms with van der Waals surface area (Å²) in [6.45, 7) is 6.12. The molecule has 154 valence electrons. The minimum absolute atomic E-state index is 0.266. The Kier molecular flexibility index (Phi) is 5.85. The molecule has 1 heterocycles. The van der Waals surface area contributed by atoms with Crippen LogP contribution < -0.4 is 0 Å². The van der Waals surface area contributed by atoms with Crippen molar-refractivity contribution in [3.05, 3.63) is 115 Å². The zero-order chi connectivity index (χ0) is 21.8. The minimum Gasteiger partial charge on any atom is -0.478 e. The predicted molar refractivity (Wildman–Crippen MR) is 127 cm³/mol. The number of rotatable bonds is 7. The largest absolute Gasteiger partial charge is 0.478 e. The molecular formula is C28H25NO2. The number of carboxylic acids is 1. The summed E-state index contributed by atoms with van der Waals surface area (Å²) in [6, 6.07) is 29.9. The molecule has 3 heteroatoms. The summed E-state index contributed by atoms with van der Waals surface area (Å²) in [4.78, 5) is 11.7. The number of carbonyl (C=O) groups is 1. The number of benzene rings is 3. The van der Waals surface area contributed by atoms with Gasteiger partial charge in [-0.1, -0.05) is 79.7 Å². The van der Waals surface area contributed by atoms with Gasteiger partial charge in [-0.05, 0) is 47.7 Å². The van der Waals surface area contributed by atoms with E-state index in [9.17, 15) is 9.90 Å². The van der Waals surface area contributed by atoms with E-state index in [1.165, 1.54) is 0 Å². The molecule has 1 unspecified atom stereocenters. The van der Waals surface area contributed by atoms with Crippen LogP contribution in [0.2, 0.25) is 0 Å². The van der Waals surface area contributed by atoms with Crippen molar-refractivity contribution in [3.8, 4) is 28.1 Å². The Morgan fingerprint density at radius 1 is 0.935 bits per heavy atom. The fourth-order valence-corrected chi connectivity index (χ4v) is 3.90. The lowest BCUT2D eigenvalue weighted by Gasteiger charge is -2.17. The van der Waals surface area contributed by atoms with Gasteiger partial charge in [-0.2, -0.15) is 0 Å². The summed E-state index contributed by atoms with van der Waals surface area (Å²) in [5.41, 5.74) is 6.65. The number of allylic oxidation sites excluding steroid dienone is 1. The molecule has 3 nitrogen and oxygen atoms in total. The van der Waals surface area contributed by atoms with Gasteiger partial charge in [0.25, 0.3) is 0 Å². The van der Waals surface area contributed by atoms with Gasteiger partial charge in [0.1, 0.15) is 0 Å². The molecule has 1 atom stereocenters. The molecule has 3 aromatic carbocycles. The molecule has 0 spiro atoms. The standard InChI is InChI=1S/C28H25NO2/c1-3-20(2)17-27-25(21-11-6-4-7-12-21)19-26(22-13-8-5-9-14-22)29(27)24-16-10-15-23(18-24)28(30)31/h3-16,18-20H,1,17H2,2H3,(H,30,31). The molecule has 4 aromatic rings. The topological polar surface area (TPSA) is 42.2 Å². The number of hydrogen-bond acceptors (Lipinski definition) is 1. The molecule has 0 amide bonds. The van der Waals surface area contributed by atoms with Crippen LogP contribution in [0, 0.1) is 5.92 Å². The number of aromatic nitrogens is 1. The molecule has 0 saturated heterocycles. The second-order valence-corrected chi connectivity index (χ2v) is 7.73. The third-order valence-corrected chi connectivity index (χ3v) is 5.53. The molecule has 0 saturated carbocycles. The first-order valence-electron chi connectivity index (χ1n) is 10.4. The van der Waals surface area contributed by atoms with E-state index in [1.54, 1.807) is 18.2 Å². The van der Waals surface area contributed by atoms with Gasteiger partial charge in [0.2, 0.25) is 0 Å². The van der Waals surface area contributed by atoms with E-state index >= 15 is 0 Å². The van der Waals surface area contributed by atoms with Gasteiger partial charge in [0, 0.05) is 16.9 Å². The minimum atomic E-state index is -0.931. The maximum atomic E-state index is 11.7. The van der Waals surface area contributed by atoms with Crippen molar-refractivity contribution < 1.29 is 9.90 Å². The Balaban J connectivity index is 2.04. The molecule has 1 N–H and O–H groups in total. The molecule has 0 aliphatic carbocycles. The summed E-state index contributed by atoms with van der Waals surface area (Å²) < 4.78 is 2.20. The maximum Gasteiger partial charge on any atom is 0.335 e. The van der Waals surface area contributed by atoms with Crippen molar-refractivity contribution >= 4 is 5.97 Å². The molecule has 4 rings (SSSR count). The van der Waals surface area contributed by atoms with Crippen molar-refractivity contribution in [1.29, 1.82) is 0 Å². The zero-order valence-electron chi connectivity index (χ0n) is 17.5. The van der Waals surface area contributed by atoms with E-state index in [0.717, 1.165) is 40.2 Å². The molecule has 31 heavy (non-hydrogen) atoms. The van der Waals surface area contributed by atoms with Gasteiger partial charge in [-0.15, -0.1) is 6.58 Å². The first-order chi connectivity index (χ1) is 15.1. The van der Waals surface area contributed by atoms with Gasteiger partial charge < -0.3 is 9.67 Å². The summed E-state index contributed by atoms with van der Waals surface area (Å²) in [7, 11) is 0. The van der Waals surface area contributed by atoms with E-state index in [0.29, 0.717) is 0 Å². The van der Waals surface area contributed by atoms with Crippen LogP contribution in [-0.2, 0) is 6.42 Å². The fraction of sp³-hybridized carbons (Fsp3) is 0.107. The molecular weight excluding hydrogens is 382 g/mol. The van der Waals surface area contributed by atoms with Crippen LogP contribution in [0.5, 0.6) is 0 Å². The molecule has 1 aromatic heterocycles. The summed E-state index contributed by atoms with van der Waals surface area (Å²) in [6.07, 6.45) is 2.75. The Morgan fingerprint density at radius 3 is 2.19 bits per heavy atom. The van der Waals surface area contributed by atoms with Gasteiger partial charge in [0.15, 0.2) is 0 Å². The number of aromatic carboxylic acids is 1. The van der Waals surface area contributed by atoms with Crippen molar-refractivity contribution in [2.75, 3.05) is 0 Å². The lowest BCUT2D eigenvalue weighted by molar-refractivity contribution is 0.0697. The Hall–Kier alpha value is -3.85. The quantitative estimate of drug-likeness (QED) is 0.340. The number of carboxylic acid groups (broad SMARTS) is 1. The molecule has 0 radical (unpaired) electrons. The van der Waals surface area contributed by atoms with E-state index in [1.807, 2.05) is 48.5 Å². The van der Waals surface area contributed by atoms with Crippen molar-refractivity contribution in [3.63, 3.8) is 0 Å². The van der Waals surface area contributed by atoms with Gasteiger partial charge in [0.05, 0.1) is 11.3 Å². The SMILES string of the molecule is C=CC(C)Cc1c(-c2ccccc2)cc(-c2ccccc2)n1-c1cccc(C(=O)O)c1. The molecule has 0 aliphatic rings. The van der Waals surface area contributed by atoms with Crippen LogP contribution in [0.3, 0.4) is 0 Å². The Bertz CT molecular complexity index is 1210. The van der Waals surface area contributed by atoms with Crippen molar-refractivity contribution in [2.45, 2.75) is 13.3 Å². The van der Waals surface area contributed by atoms with Crippen LogP contribution in [-0.4, -0.2) is 15.6 Å². The highest BCUT2D eigenvalue weighted by Gasteiger charge is 2.20. The normalized spacial score (nSPS) is 11.8. The molecule has 0 bridgehead atoms. The van der Waals surface area contributed by atoms with Crippen LogP contribution in [0.25, 0.3) is 28.1 Å². The third-order valence-electron chi connectivity index (χ3n) is 5.53. The highest BCUT2D eigenvalue weighted by Crippen LogP contribution is 2.37. The summed E-state index contributed by atoms with van der Waals surface area (Å²) in [5.74, 6) is -0.665. The maximum absolute atomic E-state index is 11.7. The van der Waals surface area contributed by atoms with E-state index < -0.39 is 5.97 Å².